The first-order valence-electron chi connectivity index (χ1n) is 6.69. The number of rotatable bonds is 1. The second-order valence-corrected chi connectivity index (χ2v) is 6.74. The highest BCUT2D eigenvalue weighted by Crippen LogP contribution is 2.42. The van der Waals surface area contributed by atoms with Gasteiger partial charge in [0, 0.05) is 16.7 Å². The molecule has 0 saturated carbocycles. The van der Waals surface area contributed by atoms with Crippen molar-refractivity contribution in [2.24, 2.45) is 0 Å². The highest BCUT2D eigenvalue weighted by Gasteiger charge is 2.34. The van der Waals surface area contributed by atoms with Gasteiger partial charge in [0.05, 0.1) is 16.9 Å². The summed E-state index contributed by atoms with van der Waals surface area (Å²) in [5, 5.41) is 9.40. The van der Waals surface area contributed by atoms with Crippen LogP contribution in [0.1, 0.15) is 11.1 Å². The van der Waals surface area contributed by atoms with E-state index in [4.69, 9.17) is 0 Å². The molecule has 0 aliphatic carbocycles. The molecule has 2 aromatic rings. The van der Waals surface area contributed by atoms with E-state index in [1.165, 1.54) is 19.2 Å². The predicted molar refractivity (Wildman–Crippen MR) is 82.0 cm³/mol. The van der Waals surface area contributed by atoms with E-state index in [0.717, 1.165) is 0 Å². The number of carbonyl (C=O) groups excluding carboxylic acids is 1. The van der Waals surface area contributed by atoms with E-state index >= 15 is 0 Å². The van der Waals surface area contributed by atoms with Crippen LogP contribution in [0.4, 0.5) is 0 Å². The maximum absolute atomic E-state index is 12.8. The number of fused-ring (bicyclic) bond motifs is 2. The monoisotopic (exact) mass is 325 g/mol. The van der Waals surface area contributed by atoms with Gasteiger partial charge in [-0.2, -0.15) is 5.26 Å². The molecule has 114 valence electrons. The second-order valence-electron chi connectivity index (χ2n) is 4.85. The summed E-state index contributed by atoms with van der Waals surface area (Å²) in [4.78, 5) is 12.1. The molecule has 3 rings (SSSR count). The lowest BCUT2D eigenvalue weighted by atomic mass is 9.92. The maximum atomic E-state index is 12.8. The number of hydrogen-bond donors (Lipinski definition) is 0. The van der Waals surface area contributed by atoms with Gasteiger partial charge in [0.15, 0.2) is 0 Å². The van der Waals surface area contributed by atoms with Gasteiger partial charge in [-0.05, 0) is 12.1 Å². The molecule has 0 saturated heterocycles. The number of ether oxygens (including phenoxy) is 1. The Balaban J connectivity index is 2.52. The fourth-order valence-electron chi connectivity index (χ4n) is 2.65. The summed E-state index contributed by atoms with van der Waals surface area (Å²) >= 11 is 0. The van der Waals surface area contributed by atoms with Crippen molar-refractivity contribution < 1.29 is 17.9 Å². The number of nitriles is 1. The summed E-state index contributed by atoms with van der Waals surface area (Å²) in [7, 11) is -2.53. The third-order valence-corrected chi connectivity index (χ3v) is 5.51. The van der Waals surface area contributed by atoms with E-state index in [1.54, 1.807) is 36.4 Å². The summed E-state index contributed by atoms with van der Waals surface area (Å²) < 4.78 is 30.2. The van der Waals surface area contributed by atoms with Crippen molar-refractivity contribution in [2.45, 2.75) is 9.79 Å². The topological polar surface area (TPSA) is 84.2 Å². The normalized spacial score (nSPS) is 14.2. The molecule has 0 fully saturated rings. The van der Waals surface area contributed by atoms with Gasteiger partial charge in [-0.3, -0.25) is 0 Å². The molecule has 0 unspecified atom stereocenters. The first kappa shape index (κ1) is 15.0. The third kappa shape index (κ3) is 2.14. The standard InChI is InChI=1S/C17H11NO4S/c1-22-17(19)13(10-18)16-11-6-2-4-8-14(11)23(20,21)15-9-5-3-7-12(15)16/h2-9H,1H3. The SMILES string of the molecule is COC(=O)C(C#N)=C1c2ccccc2S(=O)(=O)c2ccccc21. The minimum atomic E-state index is -3.70. The fraction of sp³-hybridized carbons (Fsp3) is 0.0588. The lowest BCUT2D eigenvalue weighted by Gasteiger charge is -2.23. The zero-order valence-electron chi connectivity index (χ0n) is 12.1. The molecule has 0 amide bonds. The van der Waals surface area contributed by atoms with Crippen LogP contribution in [0.15, 0.2) is 63.9 Å². The number of methoxy groups -OCH3 is 1. The van der Waals surface area contributed by atoms with Gasteiger partial charge >= 0.3 is 5.97 Å². The van der Waals surface area contributed by atoms with Crippen molar-refractivity contribution in [3.63, 3.8) is 0 Å². The number of sulfone groups is 1. The Morgan fingerprint density at radius 3 is 1.91 bits per heavy atom. The summed E-state index contributed by atoms with van der Waals surface area (Å²) in [5.41, 5.74) is 0.712. The van der Waals surface area contributed by atoms with Crippen LogP contribution < -0.4 is 0 Å². The van der Waals surface area contributed by atoms with Crippen LogP contribution >= 0.6 is 0 Å². The first-order valence-corrected chi connectivity index (χ1v) is 8.17. The molecular weight excluding hydrogens is 314 g/mol. The van der Waals surface area contributed by atoms with Gasteiger partial charge in [0.25, 0.3) is 0 Å². The molecule has 5 nitrogen and oxygen atoms in total. The van der Waals surface area contributed by atoms with Gasteiger partial charge in [0.2, 0.25) is 9.84 Å². The number of benzene rings is 2. The van der Waals surface area contributed by atoms with Crippen LogP contribution in [-0.4, -0.2) is 21.5 Å². The number of carbonyl (C=O) groups is 1. The Hall–Kier alpha value is -2.91. The second kappa shape index (κ2) is 5.38. The fourth-order valence-corrected chi connectivity index (χ4v) is 4.33. The lowest BCUT2D eigenvalue weighted by molar-refractivity contribution is -0.135. The lowest BCUT2D eigenvalue weighted by Crippen LogP contribution is -2.17. The third-order valence-electron chi connectivity index (χ3n) is 3.64. The van der Waals surface area contributed by atoms with Gasteiger partial charge in [-0.1, -0.05) is 36.4 Å². The summed E-state index contributed by atoms with van der Waals surface area (Å²) in [6.07, 6.45) is 0. The molecule has 1 aliphatic heterocycles. The van der Waals surface area contributed by atoms with Crippen molar-refractivity contribution in [2.75, 3.05) is 7.11 Å². The molecule has 0 bridgehead atoms. The van der Waals surface area contributed by atoms with Crippen LogP contribution in [0.2, 0.25) is 0 Å². The van der Waals surface area contributed by atoms with Gasteiger partial charge < -0.3 is 4.74 Å². The van der Waals surface area contributed by atoms with E-state index in [1.807, 2.05) is 6.07 Å². The van der Waals surface area contributed by atoms with Gasteiger partial charge in [-0.15, -0.1) is 0 Å². The van der Waals surface area contributed by atoms with Crippen LogP contribution in [0.3, 0.4) is 0 Å². The van der Waals surface area contributed by atoms with Crippen molar-refractivity contribution in [1.82, 2.24) is 0 Å². The Bertz CT molecular complexity index is 942. The largest absolute Gasteiger partial charge is 0.465 e. The first-order chi connectivity index (χ1) is 11.0. The number of hydrogen-bond acceptors (Lipinski definition) is 5. The molecule has 23 heavy (non-hydrogen) atoms. The Labute approximate surface area is 133 Å². The van der Waals surface area contributed by atoms with E-state index in [9.17, 15) is 18.5 Å². The summed E-state index contributed by atoms with van der Waals surface area (Å²) in [6.45, 7) is 0. The maximum Gasteiger partial charge on any atom is 0.349 e. The zero-order chi connectivity index (χ0) is 16.6. The number of esters is 1. The Kier molecular flexibility index (Phi) is 3.51. The average molecular weight is 325 g/mol. The smallest absolute Gasteiger partial charge is 0.349 e. The van der Waals surface area contributed by atoms with Crippen LogP contribution in [0.5, 0.6) is 0 Å². The molecule has 0 atom stereocenters. The molecule has 0 N–H and O–H groups in total. The Morgan fingerprint density at radius 2 is 1.48 bits per heavy atom. The van der Waals surface area contributed by atoms with E-state index in [2.05, 4.69) is 4.74 Å². The minimum Gasteiger partial charge on any atom is -0.465 e. The summed E-state index contributed by atoms with van der Waals surface area (Å²) in [6, 6.07) is 14.5. The van der Waals surface area contributed by atoms with Crippen molar-refractivity contribution in [3.8, 4) is 6.07 Å². The van der Waals surface area contributed by atoms with Gasteiger partial charge in [-0.25, -0.2) is 13.2 Å². The average Bonchev–Trinajstić information content (AvgIpc) is 2.58. The van der Waals surface area contributed by atoms with Crippen LogP contribution in [-0.2, 0) is 19.4 Å². The minimum absolute atomic E-state index is 0.0744. The molecule has 0 radical (unpaired) electrons. The molecule has 2 aromatic carbocycles. The van der Waals surface area contributed by atoms with E-state index in [-0.39, 0.29) is 20.9 Å². The zero-order valence-corrected chi connectivity index (χ0v) is 12.9. The molecule has 0 spiro atoms. The highest BCUT2D eigenvalue weighted by atomic mass is 32.2. The van der Waals surface area contributed by atoms with Crippen molar-refractivity contribution >= 4 is 21.4 Å². The molecule has 1 heterocycles. The molecular formula is C17H11NO4S. The Morgan fingerprint density at radius 1 is 1.00 bits per heavy atom. The van der Waals surface area contributed by atoms with Gasteiger partial charge in [0.1, 0.15) is 11.6 Å². The van der Waals surface area contributed by atoms with Crippen molar-refractivity contribution in [1.29, 1.82) is 5.26 Å². The highest BCUT2D eigenvalue weighted by molar-refractivity contribution is 7.91. The van der Waals surface area contributed by atoms with E-state index < -0.39 is 15.8 Å². The predicted octanol–water partition coefficient (Wildman–Crippen LogP) is 2.33. The molecule has 1 aliphatic rings. The summed E-state index contributed by atoms with van der Waals surface area (Å²) in [5.74, 6) is -0.800. The van der Waals surface area contributed by atoms with Crippen LogP contribution in [0, 0.1) is 11.3 Å². The molecule has 6 heteroatoms. The van der Waals surface area contributed by atoms with Crippen LogP contribution in [0.25, 0.3) is 5.57 Å². The number of nitrogens with zero attached hydrogens (tertiary/aromatic N) is 1. The quantitative estimate of drug-likeness (QED) is 0.389. The van der Waals surface area contributed by atoms with Crippen molar-refractivity contribution in [3.05, 3.63) is 65.2 Å². The molecule has 0 aromatic heterocycles. The van der Waals surface area contributed by atoms with E-state index in [0.29, 0.717) is 11.1 Å².